The summed E-state index contributed by atoms with van der Waals surface area (Å²) in [5.41, 5.74) is 4.38. The maximum Gasteiger partial charge on any atom is 0.253 e. The fraction of sp³-hybridized carbons (Fsp3) is 0.508. The Balaban J connectivity index is 1.20. The highest BCUT2D eigenvalue weighted by molar-refractivity contribution is 7.85. The molecule has 33 nitrogen and oxygen atoms in total. The third-order valence-electron chi connectivity index (χ3n) is 16.8. The van der Waals surface area contributed by atoms with Crippen LogP contribution in [0.1, 0.15) is 78.4 Å². The van der Waals surface area contributed by atoms with E-state index in [-0.39, 0.29) is 53.1 Å². The Kier molecular flexibility index (Phi) is 24.6. The van der Waals surface area contributed by atoms with Crippen LogP contribution in [0.2, 0.25) is 0 Å². The molecule has 0 spiro atoms. The van der Waals surface area contributed by atoms with Crippen LogP contribution in [0.3, 0.4) is 0 Å². The summed E-state index contributed by atoms with van der Waals surface area (Å²) in [6.07, 6.45) is -3.01. The number of benzene rings is 2. The first-order valence-corrected chi connectivity index (χ1v) is 32.0. The molecule has 13 amide bonds. The van der Waals surface area contributed by atoms with Crippen molar-refractivity contribution >= 4 is 110 Å². The van der Waals surface area contributed by atoms with E-state index in [0.717, 1.165) is 22.0 Å². The highest BCUT2D eigenvalue weighted by Crippen LogP contribution is 2.33. The number of imide groups is 1. The van der Waals surface area contributed by atoms with E-state index >= 15 is 9.00 Å². The van der Waals surface area contributed by atoms with Gasteiger partial charge < -0.3 is 83.5 Å². The van der Waals surface area contributed by atoms with Crippen LogP contribution in [0.4, 0.5) is 5.69 Å². The molecule has 514 valence electrons. The summed E-state index contributed by atoms with van der Waals surface area (Å²) < 4.78 is 21.3. The Morgan fingerprint density at radius 1 is 0.821 bits per heavy atom. The summed E-state index contributed by atoms with van der Waals surface area (Å²) in [5, 5.41) is 57.9. The number of amides is 13. The summed E-state index contributed by atoms with van der Waals surface area (Å²) in [4.78, 5) is 194. The van der Waals surface area contributed by atoms with Crippen molar-refractivity contribution in [3.05, 3.63) is 65.7 Å². The van der Waals surface area contributed by atoms with Gasteiger partial charge in [-0.1, -0.05) is 53.2 Å². The molecule has 2 bridgehead atoms. The van der Waals surface area contributed by atoms with E-state index in [2.05, 4.69) is 58.2 Å². The Labute approximate surface area is 546 Å². The van der Waals surface area contributed by atoms with Crippen molar-refractivity contribution in [2.24, 2.45) is 23.5 Å². The van der Waals surface area contributed by atoms with Gasteiger partial charge in [0.05, 0.1) is 66.4 Å². The van der Waals surface area contributed by atoms with Crippen LogP contribution in [-0.2, 0) is 91.0 Å². The largest absolute Gasteiger partial charge is 0.489 e. The number of aromatic nitrogens is 1. The molecule has 1 aromatic heterocycles. The van der Waals surface area contributed by atoms with Crippen LogP contribution in [0.15, 0.2) is 59.6 Å². The quantitative estimate of drug-likeness (QED) is 0.0372. The van der Waals surface area contributed by atoms with Gasteiger partial charge in [-0.3, -0.25) is 81.5 Å². The number of aromatic amines is 1. The first-order valence-electron chi connectivity index (χ1n) is 30.7. The number of H-pyrrole nitrogens is 1. The van der Waals surface area contributed by atoms with Crippen LogP contribution in [0.25, 0.3) is 10.9 Å². The number of hydrogen-bond acceptors (Lipinski definition) is 20. The average molecular weight is 1350 g/mol. The summed E-state index contributed by atoms with van der Waals surface area (Å²) in [6, 6.07) is -0.0418. The summed E-state index contributed by atoms with van der Waals surface area (Å²) in [7, 11) is -2.49. The number of fused-ring (bicyclic) bond motifs is 5. The van der Waals surface area contributed by atoms with E-state index in [1.165, 1.54) is 32.0 Å². The lowest BCUT2D eigenvalue weighted by molar-refractivity contribution is -0.147. The number of nitrogens with zero attached hydrogens (tertiary/aromatic N) is 2. The number of nitrogens with two attached hydrogens (primary N) is 1. The zero-order valence-corrected chi connectivity index (χ0v) is 53.8. The third-order valence-corrected chi connectivity index (χ3v) is 18.2. The predicted molar refractivity (Wildman–Crippen MR) is 335 cm³/mol. The molecule has 4 aliphatic rings. The molecule has 34 heteroatoms. The van der Waals surface area contributed by atoms with Crippen molar-refractivity contribution in [1.29, 1.82) is 0 Å². The van der Waals surface area contributed by atoms with Gasteiger partial charge in [-0.15, -0.1) is 0 Å². The number of primary amides is 1. The molecule has 16 N–H and O–H groups in total. The minimum Gasteiger partial charge on any atom is -0.489 e. The van der Waals surface area contributed by atoms with Crippen LogP contribution in [0.5, 0.6) is 5.75 Å². The number of rotatable bonds is 20. The lowest BCUT2D eigenvalue weighted by atomic mass is 9.92. The van der Waals surface area contributed by atoms with Crippen LogP contribution >= 0.6 is 0 Å². The first kappa shape index (κ1) is 72.9. The van der Waals surface area contributed by atoms with Crippen molar-refractivity contribution in [1.82, 2.24) is 62.6 Å². The molecule has 0 aliphatic carbocycles. The topological polar surface area (TPSA) is 495 Å². The van der Waals surface area contributed by atoms with Gasteiger partial charge in [0.15, 0.2) is 11.9 Å². The minimum absolute atomic E-state index is 0.0535. The smallest absolute Gasteiger partial charge is 0.253 e. The van der Waals surface area contributed by atoms with Gasteiger partial charge in [0, 0.05) is 67.6 Å². The molecule has 1 unspecified atom stereocenters. The fourth-order valence-corrected chi connectivity index (χ4v) is 12.5. The minimum atomic E-state index is -2.49. The van der Waals surface area contributed by atoms with Crippen LogP contribution in [0, 0.1) is 17.8 Å². The van der Waals surface area contributed by atoms with Gasteiger partial charge in [-0.25, -0.2) is 0 Å². The molecule has 95 heavy (non-hydrogen) atoms. The van der Waals surface area contributed by atoms with Crippen LogP contribution in [-0.4, -0.2) is 216 Å². The standard InChI is InChI=1S/C61H80N14O19S/c1-7-30(4)51-56(89)64-22-46(82)67-42-27-95(93)59-38(19-40(54(87)63-23-47(83)72-51)68-58(91)52(31(5)43(79)25-76)73-61(28-77)21-35(78)24-75(61)60(92)41(20-44(62)80)69-55(42)88)37-13-12-36(18-39(37)70-59)94-26-33-8-10-34(11-9-33)66-53(86)32(6)65-57(90)50(29(2)3)71-45(81)16-17-74-48(84)14-15-49(74)85/h8-15,18,28-32,35,40-43,50-52,70,73,76,78-79H,7,16-17,19-27H2,1-6H3,(H2,62,80)(H,63,87)(H,64,89)(H,65,90)(H,66,86)(H,67,82)(H,68,91)(H,69,88)(H,71,81)(H,72,83)/t30-,31-,32-,35+,40-,41-,42?,43-,50-,51-,52-,61-,95+/m0/s1. The van der Waals surface area contributed by atoms with Crippen LogP contribution < -0.4 is 63.6 Å². The third kappa shape index (κ3) is 18.2. The van der Waals surface area contributed by atoms with Crippen molar-refractivity contribution in [3.63, 3.8) is 0 Å². The number of aliphatic hydroxyl groups excluding tert-OH is 3. The van der Waals surface area contributed by atoms with Gasteiger partial charge in [0.2, 0.25) is 65.0 Å². The molecular weight excluding hydrogens is 1260 g/mol. The van der Waals surface area contributed by atoms with Gasteiger partial charge in [-0.2, -0.15) is 0 Å². The SMILES string of the molecule is CC[C@H](C)[C@@H]1NC(=O)CNC(=O)[C@@H]2Cc3c([nH]c4cc(OCc5ccc(NC(=O)[C@H](C)NC(=O)[C@@H](NC(=O)CCN6C(=O)C=CC6=O)C(C)C)cc5)ccc34)[S@](=O)CC(NC(=O)CNC1=O)C(=O)N[C@@H](CC(N)=O)C(=O)N1C[C@H](O)C[C@]1(C=O)N[C@@H]([C@@H](C)[C@@H](O)CO)C(=O)N2. The first-order chi connectivity index (χ1) is 45.0. The Morgan fingerprint density at radius 3 is 2.12 bits per heavy atom. The monoisotopic (exact) mass is 1340 g/mol. The van der Waals surface area contributed by atoms with E-state index in [4.69, 9.17) is 10.5 Å². The van der Waals surface area contributed by atoms with E-state index in [1.54, 1.807) is 52.0 Å². The van der Waals surface area contributed by atoms with Crippen molar-refractivity contribution in [2.75, 3.05) is 43.9 Å². The number of carbonyl (C=O) groups is 14. The van der Waals surface area contributed by atoms with E-state index < -0.39 is 217 Å². The Hall–Kier alpha value is -9.51. The summed E-state index contributed by atoms with van der Waals surface area (Å²) in [6.45, 7) is 5.93. The molecule has 0 saturated carbocycles. The number of carbonyl (C=O) groups excluding carboxylic acids is 14. The maximum absolute atomic E-state index is 15.2. The fourth-order valence-electron chi connectivity index (χ4n) is 11.1. The van der Waals surface area contributed by atoms with Crippen molar-refractivity contribution in [3.8, 4) is 5.75 Å². The molecule has 4 aliphatic heterocycles. The van der Waals surface area contributed by atoms with E-state index in [0.29, 0.717) is 17.7 Å². The highest BCUT2D eigenvalue weighted by atomic mass is 32.2. The molecule has 0 radical (unpaired) electrons. The molecular formula is C61H80N14O19S. The predicted octanol–water partition coefficient (Wildman–Crippen LogP) is -5.15. The normalized spacial score (nSPS) is 24.9. The molecule has 5 heterocycles. The molecule has 1 saturated heterocycles. The zero-order chi connectivity index (χ0) is 69.7. The van der Waals surface area contributed by atoms with Gasteiger partial charge in [0.1, 0.15) is 53.6 Å². The lowest BCUT2D eigenvalue weighted by Gasteiger charge is -2.41. The van der Waals surface area contributed by atoms with Gasteiger partial charge in [0.25, 0.3) is 11.8 Å². The molecule has 7 rings (SSSR count). The molecule has 2 aromatic carbocycles. The Bertz CT molecular complexity index is 3530. The number of anilines is 1. The van der Waals surface area contributed by atoms with E-state index in [9.17, 15) is 77.6 Å². The number of hydrogen-bond donors (Lipinski definition) is 15. The number of aliphatic hydroxyl groups is 3. The second kappa shape index (κ2) is 32.1. The number of aldehydes is 1. The van der Waals surface area contributed by atoms with E-state index in [1.807, 2.05) is 0 Å². The maximum atomic E-state index is 15.2. The second-order valence-electron chi connectivity index (χ2n) is 24.1. The van der Waals surface area contributed by atoms with Crippen molar-refractivity contribution < 1.29 is 91.4 Å². The van der Waals surface area contributed by atoms with Gasteiger partial charge in [-0.05, 0) is 54.2 Å². The number of nitrogens with one attached hydrogen (secondary N) is 11. The number of ether oxygens (including phenoxy) is 1. The zero-order valence-electron chi connectivity index (χ0n) is 52.9. The lowest BCUT2D eigenvalue weighted by Crippen LogP contribution is -2.69. The molecule has 3 aromatic rings. The van der Waals surface area contributed by atoms with Crippen molar-refractivity contribution in [2.45, 2.75) is 145 Å². The summed E-state index contributed by atoms with van der Waals surface area (Å²) >= 11 is 0. The van der Waals surface area contributed by atoms with Gasteiger partial charge >= 0.3 is 0 Å². The molecule has 13 atom stereocenters. The Morgan fingerprint density at radius 2 is 1.48 bits per heavy atom. The average Bonchev–Trinajstić information content (AvgIpc) is 1.66. The highest BCUT2D eigenvalue weighted by Gasteiger charge is 2.53. The molecule has 1 fully saturated rings. The second-order valence-corrected chi connectivity index (χ2v) is 25.6. The summed E-state index contributed by atoms with van der Waals surface area (Å²) in [5.74, 6) is -14.6.